The first kappa shape index (κ1) is 29.9. The molecule has 0 bridgehead atoms. The van der Waals surface area contributed by atoms with E-state index in [4.69, 9.17) is 9.72 Å². The van der Waals surface area contributed by atoms with Crippen LogP contribution in [0.25, 0.3) is 5.69 Å². The fraction of sp³-hybridized carbons (Fsp3) is 0.281. The molecule has 1 heterocycles. The van der Waals surface area contributed by atoms with E-state index in [1.54, 1.807) is 30.2 Å². The Hall–Kier alpha value is -4.08. The molecule has 0 saturated heterocycles. The summed E-state index contributed by atoms with van der Waals surface area (Å²) in [6, 6.07) is 26.7. The Kier molecular flexibility index (Phi) is 9.52. The van der Waals surface area contributed by atoms with Crippen molar-refractivity contribution in [2.24, 2.45) is 0 Å². The van der Waals surface area contributed by atoms with Gasteiger partial charge < -0.3 is 15.0 Å². The number of aryl methyl sites for hydroxylation is 1. The van der Waals surface area contributed by atoms with Gasteiger partial charge in [0.2, 0.25) is 11.9 Å². The molecule has 4 aromatic rings. The van der Waals surface area contributed by atoms with Gasteiger partial charge >= 0.3 is 5.97 Å². The molecule has 0 aliphatic rings. The summed E-state index contributed by atoms with van der Waals surface area (Å²) in [5, 5.41) is 2.95. The van der Waals surface area contributed by atoms with Gasteiger partial charge in [-0.3, -0.25) is 9.36 Å². The molecule has 1 atom stereocenters. The van der Waals surface area contributed by atoms with Gasteiger partial charge in [0, 0.05) is 24.7 Å². The van der Waals surface area contributed by atoms with Crippen molar-refractivity contribution in [3.8, 4) is 5.69 Å². The van der Waals surface area contributed by atoms with Gasteiger partial charge in [-0.15, -0.1) is 0 Å². The van der Waals surface area contributed by atoms with E-state index in [2.05, 4.69) is 10.0 Å². The summed E-state index contributed by atoms with van der Waals surface area (Å²) in [4.78, 5) is 35.0. The summed E-state index contributed by atoms with van der Waals surface area (Å²) in [7, 11) is 3.68. The fourth-order valence-electron chi connectivity index (χ4n) is 4.12. The van der Waals surface area contributed by atoms with Crippen molar-refractivity contribution < 1.29 is 14.3 Å². The second-order valence-electron chi connectivity index (χ2n) is 10.9. The normalized spacial score (nSPS) is 12.0. The first-order chi connectivity index (χ1) is 19.5. The Morgan fingerprint density at radius 1 is 0.951 bits per heavy atom. The van der Waals surface area contributed by atoms with Crippen molar-refractivity contribution in [1.82, 2.24) is 14.3 Å². The van der Waals surface area contributed by atoms with E-state index in [1.807, 2.05) is 106 Å². The molecular weight excluding hydrogens is 534 g/mol. The molecule has 0 aliphatic heterocycles. The number of aromatic nitrogens is 2. The molecular formula is C32H37N5O3S. The number of carbonyl (C=O) groups is 2. The number of carbonyl (C=O) groups excluding carboxylic acids is 2. The number of hydrogen-bond donors (Lipinski definition) is 2. The molecule has 9 heteroatoms. The van der Waals surface area contributed by atoms with Crippen LogP contribution in [0.5, 0.6) is 0 Å². The number of ether oxygens (including phenoxy) is 1. The zero-order chi connectivity index (χ0) is 29.6. The maximum Gasteiger partial charge on any atom is 0.359 e. The summed E-state index contributed by atoms with van der Waals surface area (Å²) in [5.74, 6) is -0.286. The van der Waals surface area contributed by atoms with E-state index in [1.165, 1.54) is 11.9 Å². The lowest BCUT2D eigenvalue weighted by atomic mass is 10.1. The second-order valence-corrected chi connectivity index (χ2v) is 11.9. The second kappa shape index (κ2) is 13.1. The predicted molar refractivity (Wildman–Crippen MR) is 166 cm³/mol. The lowest BCUT2D eigenvalue weighted by Crippen LogP contribution is -2.39. The summed E-state index contributed by atoms with van der Waals surface area (Å²) >= 11 is 1.39. The zero-order valence-electron chi connectivity index (χ0n) is 24.3. The number of rotatable bonds is 10. The maximum absolute atomic E-state index is 13.9. The number of benzene rings is 3. The standard InChI is InChI=1S/C32H37N5O3S/c1-22-17-19-25(20-18-22)41-35-26(21-23-13-9-7-10-14-23)29(38)33-28-27(30(39)40-32(2,3)4)37(31(34-28)36(5)6)24-15-11-8-12-16-24/h7-20,26,35H,21H2,1-6H3,(H,33,38)/t26-/m0/s1. The van der Waals surface area contributed by atoms with Crippen LogP contribution >= 0.6 is 11.9 Å². The average molecular weight is 572 g/mol. The number of para-hydroxylation sites is 1. The minimum absolute atomic E-state index is 0.136. The number of nitrogens with zero attached hydrogens (tertiary/aromatic N) is 3. The van der Waals surface area contributed by atoms with E-state index in [9.17, 15) is 9.59 Å². The van der Waals surface area contributed by atoms with Gasteiger partial charge in [0.05, 0.1) is 0 Å². The molecule has 0 spiro atoms. The minimum atomic E-state index is -0.746. The summed E-state index contributed by atoms with van der Waals surface area (Å²) < 4.78 is 10.8. The van der Waals surface area contributed by atoms with Crippen molar-refractivity contribution in [2.75, 3.05) is 24.3 Å². The quantitative estimate of drug-likeness (QED) is 0.177. The Labute approximate surface area is 246 Å². The molecule has 1 aromatic heterocycles. The molecule has 4 rings (SSSR count). The van der Waals surface area contributed by atoms with Crippen molar-refractivity contribution in [3.63, 3.8) is 0 Å². The van der Waals surface area contributed by atoms with E-state index < -0.39 is 17.6 Å². The number of amides is 1. The first-order valence-corrected chi connectivity index (χ1v) is 14.3. The SMILES string of the molecule is Cc1ccc(SN[C@@H](Cc2ccccc2)C(=O)Nc2nc(N(C)C)n(-c3ccccc3)c2C(=O)OC(C)(C)C)cc1. The lowest BCUT2D eigenvalue weighted by Gasteiger charge is -2.22. The highest BCUT2D eigenvalue weighted by Gasteiger charge is 2.31. The number of hydrogen-bond acceptors (Lipinski definition) is 7. The molecule has 1 amide bonds. The molecule has 0 unspecified atom stereocenters. The average Bonchev–Trinajstić information content (AvgIpc) is 3.31. The number of imidazole rings is 1. The predicted octanol–water partition coefficient (Wildman–Crippen LogP) is 6.05. The number of esters is 1. The Morgan fingerprint density at radius 3 is 2.15 bits per heavy atom. The summed E-state index contributed by atoms with van der Waals surface area (Å²) in [6.07, 6.45) is 0.438. The van der Waals surface area contributed by atoms with Gasteiger partial charge in [0.15, 0.2) is 11.5 Å². The molecule has 2 N–H and O–H groups in total. The molecule has 0 saturated carbocycles. The van der Waals surface area contributed by atoms with Gasteiger partial charge in [-0.05, 0) is 75.9 Å². The van der Waals surface area contributed by atoms with Crippen LogP contribution in [-0.2, 0) is 16.0 Å². The Balaban J connectivity index is 1.71. The first-order valence-electron chi connectivity index (χ1n) is 13.4. The molecule has 41 heavy (non-hydrogen) atoms. The van der Waals surface area contributed by atoms with Crippen LogP contribution in [0.1, 0.15) is 42.4 Å². The third-order valence-electron chi connectivity index (χ3n) is 6.05. The highest BCUT2D eigenvalue weighted by atomic mass is 32.2. The van der Waals surface area contributed by atoms with Gasteiger partial charge in [-0.2, -0.15) is 4.98 Å². The van der Waals surface area contributed by atoms with Gasteiger partial charge in [0.25, 0.3) is 0 Å². The van der Waals surface area contributed by atoms with Crippen molar-refractivity contribution in [3.05, 3.63) is 102 Å². The molecule has 0 fully saturated rings. The van der Waals surface area contributed by atoms with Crippen molar-refractivity contribution in [1.29, 1.82) is 0 Å². The van der Waals surface area contributed by atoms with Crippen LogP contribution in [0.3, 0.4) is 0 Å². The Morgan fingerprint density at radius 2 is 1.56 bits per heavy atom. The van der Waals surface area contributed by atoms with Gasteiger partial charge in [0.1, 0.15) is 11.6 Å². The third-order valence-corrected chi connectivity index (χ3v) is 6.96. The van der Waals surface area contributed by atoms with Crippen LogP contribution in [0.15, 0.2) is 89.8 Å². The van der Waals surface area contributed by atoms with E-state index >= 15 is 0 Å². The van der Waals surface area contributed by atoms with E-state index in [0.29, 0.717) is 12.4 Å². The van der Waals surface area contributed by atoms with Crippen LogP contribution in [0.2, 0.25) is 0 Å². The van der Waals surface area contributed by atoms with Crippen LogP contribution in [0, 0.1) is 6.92 Å². The number of anilines is 2. The molecule has 8 nitrogen and oxygen atoms in total. The summed E-state index contributed by atoms with van der Waals surface area (Å²) in [5.41, 5.74) is 2.28. The Bertz CT molecular complexity index is 1460. The number of nitrogens with one attached hydrogen (secondary N) is 2. The van der Waals surface area contributed by atoms with Gasteiger partial charge in [-0.25, -0.2) is 9.52 Å². The molecule has 0 aliphatic carbocycles. The summed E-state index contributed by atoms with van der Waals surface area (Å²) in [6.45, 7) is 7.45. The smallest absolute Gasteiger partial charge is 0.359 e. The maximum atomic E-state index is 13.9. The van der Waals surface area contributed by atoms with Crippen LogP contribution < -0.4 is 14.9 Å². The van der Waals surface area contributed by atoms with E-state index in [-0.39, 0.29) is 17.4 Å². The highest BCUT2D eigenvalue weighted by molar-refractivity contribution is 7.97. The van der Waals surface area contributed by atoms with Gasteiger partial charge in [-0.1, -0.05) is 66.2 Å². The van der Waals surface area contributed by atoms with E-state index in [0.717, 1.165) is 21.7 Å². The highest BCUT2D eigenvalue weighted by Crippen LogP contribution is 2.30. The minimum Gasteiger partial charge on any atom is -0.455 e. The van der Waals surface area contributed by atoms with Crippen LogP contribution in [0.4, 0.5) is 11.8 Å². The molecule has 214 valence electrons. The lowest BCUT2D eigenvalue weighted by molar-refractivity contribution is -0.117. The topological polar surface area (TPSA) is 88.5 Å². The monoisotopic (exact) mass is 571 g/mol. The van der Waals surface area contributed by atoms with Crippen molar-refractivity contribution in [2.45, 2.75) is 50.7 Å². The molecule has 3 aromatic carbocycles. The fourth-order valence-corrected chi connectivity index (χ4v) is 4.86. The zero-order valence-corrected chi connectivity index (χ0v) is 25.2. The largest absolute Gasteiger partial charge is 0.455 e. The molecule has 0 radical (unpaired) electrons. The third kappa shape index (κ3) is 7.99. The van der Waals surface area contributed by atoms with Crippen LogP contribution in [-0.4, -0.2) is 47.2 Å². The van der Waals surface area contributed by atoms with Crippen molar-refractivity contribution >= 4 is 35.6 Å².